The average molecular weight is 283 g/mol. The summed E-state index contributed by atoms with van der Waals surface area (Å²) in [6.45, 7) is 7.08. The van der Waals surface area contributed by atoms with Gasteiger partial charge in [0.2, 0.25) is 0 Å². The van der Waals surface area contributed by atoms with Crippen molar-refractivity contribution < 1.29 is 4.74 Å². The number of nitrogens with one attached hydrogen (secondary N) is 1. The summed E-state index contributed by atoms with van der Waals surface area (Å²) < 4.78 is 6.07. The molecule has 1 N–H and O–H groups in total. The molecular weight excluding hydrogens is 258 g/mol. The van der Waals surface area contributed by atoms with Crippen LogP contribution in [0.15, 0.2) is 48.5 Å². The van der Waals surface area contributed by atoms with Crippen molar-refractivity contribution in [2.45, 2.75) is 32.9 Å². The number of ether oxygens (including phenoxy) is 1. The predicted molar refractivity (Wildman–Crippen MR) is 88.5 cm³/mol. The summed E-state index contributed by atoms with van der Waals surface area (Å²) in [5.74, 6) is 0. The number of likely N-dealkylation sites (N-methyl/N-ethyl adjacent to an activating group) is 1. The molecule has 2 heteroatoms. The van der Waals surface area contributed by atoms with Gasteiger partial charge in [-0.05, 0) is 50.1 Å². The molecule has 2 atom stereocenters. The lowest BCUT2D eigenvalue weighted by molar-refractivity contribution is 0.0345. The molecule has 21 heavy (non-hydrogen) atoms. The van der Waals surface area contributed by atoms with Gasteiger partial charge in [0, 0.05) is 6.61 Å². The van der Waals surface area contributed by atoms with Crippen LogP contribution < -0.4 is 5.32 Å². The van der Waals surface area contributed by atoms with Crippen LogP contribution in [0.5, 0.6) is 0 Å². The van der Waals surface area contributed by atoms with Gasteiger partial charge in [0.1, 0.15) is 6.10 Å². The summed E-state index contributed by atoms with van der Waals surface area (Å²) in [6.07, 6.45) is 0.0155. The monoisotopic (exact) mass is 283 g/mol. The van der Waals surface area contributed by atoms with Gasteiger partial charge < -0.3 is 10.1 Å². The van der Waals surface area contributed by atoms with E-state index >= 15 is 0 Å². The fourth-order valence-corrected chi connectivity index (χ4v) is 2.79. The molecule has 0 spiro atoms. The lowest BCUT2D eigenvalue weighted by atomic mass is 9.91. The first-order valence-electron chi connectivity index (χ1n) is 7.59. The van der Waals surface area contributed by atoms with E-state index in [9.17, 15) is 0 Å². The molecule has 2 aromatic rings. The smallest absolute Gasteiger partial charge is 0.102 e. The van der Waals surface area contributed by atoms with E-state index in [2.05, 4.69) is 61.6 Å². The van der Waals surface area contributed by atoms with Crippen molar-refractivity contribution in [2.75, 3.05) is 13.7 Å². The van der Waals surface area contributed by atoms with Crippen LogP contribution in [-0.4, -0.2) is 13.7 Å². The molecule has 0 bridgehead atoms. The minimum Gasteiger partial charge on any atom is -0.372 e. The number of hydrogen-bond donors (Lipinski definition) is 1. The summed E-state index contributed by atoms with van der Waals surface area (Å²) >= 11 is 0. The maximum atomic E-state index is 6.07. The molecule has 0 radical (unpaired) electrons. The summed E-state index contributed by atoms with van der Waals surface area (Å²) in [7, 11) is 2.00. The number of aryl methyl sites for hydroxylation is 1. The van der Waals surface area contributed by atoms with E-state index in [-0.39, 0.29) is 12.1 Å². The van der Waals surface area contributed by atoms with Gasteiger partial charge in [0.15, 0.2) is 0 Å². The van der Waals surface area contributed by atoms with Crippen LogP contribution in [0.3, 0.4) is 0 Å². The second-order valence-electron chi connectivity index (χ2n) is 5.34. The second kappa shape index (κ2) is 7.39. The molecule has 0 amide bonds. The summed E-state index contributed by atoms with van der Waals surface area (Å²) in [5.41, 5.74) is 5.16. The standard InChI is InChI=1S/C19H25NO/c1-5-21-19(16-11-7-6-8-12-16)18(20-4)17-13-9-10-14(2)15(17)3/h6-13,18-20H,5H2,1-4H3. The SMILES string of the molecule is CCOC(c1ccccc1)C(NC)c1cccc(C)c1C. The first-order valence-corrected chi connectivity index (χ1v) is 7.59. The van der Waals surface area contributed by atoms with Crippen LogP contribution in [0.2, 0.25) is 0 Å². The van der Waals surface area contributed by atoms with Crippen molar-refractivity contribution in [3.05, 3.63) is 70.8 Å². The minimum atomic E-state index is 0.0155. The molecule has 0 fully saturated rings. The molecule has 0 aliphatic carbocycles. The minimum absolute atomic E-state index is 0.0155. The van der Waals surface area contributed by atoms with Gasteiger partial charge in [-0.2, -0.15) is 0 Å². The van der Waals surface area contributed by atoms with Gasteiger partial charge in [-0.25, -0.2) is 0 Å². The van der Waals surface area contributed by atoms with Gasteiger partial charge in [0.25, 0.3) is 0 Å². The Bertz CT molecular complexity index is 565. The molecule has 2 nitrogen and oxygen atoms in total. The molecule has 2 unspecified atom stereocenters. The second-order valence-corrected chi connectivity index (χ2v) is 5.34. The van der Waals surface area contributed by atoms with Crippen LogP contribution in [0, 0.1) is 13.8 Å². The molecule has 0 aliphatic rings. The maximum Gasteiger partial charge on any atom is 0.102 e. The first kappa shape index (κ1) is 15.7. The molecule has 2 rings (SSSR count). The highest BCUT2D eigenvalue weighted by atomic mass is 16.5. The zero-order valence-electron chi connectivity index (χ0n) is 13.4. The first-order chi connectivity index (χ1) is 10.2. The highest BCUT2D eigenvalue weighted by molar-refractivity contribution is 5.37. The zero-order chi connectivity index (χ0) is 15.2. The van der Waals surface area contributed by atoms with E-state index < -0.39 is 0 Å². The molecule has 0 aromatic heterocycles. The molecule has 0 saturated carbocycles. The van der Waals surface area contributed by atoms with Crippen LogP contribution in [0.1, 0.15) is 41.3 Å². The number of rotatable bonds is 6. The summed E-state index contributed by atoms with van der Waals surface area (Å²) in [5, 5.41) is 3.44. The summed E-state index contributed by atoms with van der Waals surface area (Å²) in [6, 6.07) is 17.1. The van der Waals surface area contributed by atoms with E-state index in [1.54, 1.807) is 0 Å². The van der Waals surface area contributed by atoms with Crippen LogP contribution in [0.25, 0.3) is 0 Å². The molecule has 0 heterocycles. The third-order valence-electron chi connectivity index (χ3n) is 4.07. The van der Waals surface area contributed by atoms with Gasteiger partial charge >= 0.3 is 0 Å². The fraction of sp³-hybridized carbons (Fsp3) is 0.368. The van der Waals surface area contributed by atoms with E-state index in [0.29, 0.717) is 6.61 Å². The Labute approximate surface area is 128 Å². The van der Waals surface area contributed by atoms with Crippen molar-refractivity contribution in [1.29, 1.82) is 0 Å². The Morgan fingerprint density at radius 3 is 2.33 bits per heavy atom. The highest BCUT2D eigenvalue weighted by Crippen LogP contribution is 2.34. The molecular formula is C19H25NO. The van der Waals surface area contributed by atoms with Gasteiger partial charge in [0.05, 0.1) is 6.04 Å². The number of hydrogen-bond acceptors (Lipinski definition) is 2. The van der Waals surface area contributed by atoms with Gasteiger partial charge in [-0.3, -0.25) is 0 Å². The molecule has 0 aliphatic heterocycles. The highest BCUT2D eigenvalue weighted by Gasteiger charge is 2.25. The van der Waals surface area contributed by atoms with E-state index in [0.717, 1.165) is 0 Å². The van der Waals surface area contributed by atoms with Gasteiger partial charge in [-0.15, -0.1) is 0 Å². The maximum absolute atomic E-state index is 6.07. The van der Waals surface area contributed by atoms with Crippen molar-refractivity contribution >= 4 is 0 Å². The van der Waals surface area contributed by atoms with E-state index in [4.69, 9.17) is 4.74 Å². The third kappa shape index (κ3) is 3.52. The molecule has 2 aromatic carbocycles. The fourth-order valence-electron chi connectivity index (χ4n) is 2.79. The third-order valence-corrected chi connectivity index (χ3v) is 4.07. The summed E-state index contributed by atoms with van der Waals surface area (Å²) in [4.78, 5) is 0. The topological polar surface area (TPSA) is 21.3 Å². The van der Waals surface area contributed by atoms with Crippen LogP contribution in [-0.2, 0) is 4.74 Å². The molecule has 0 saturated heterocycles. The Hall–Kier alpha value is -1.64. The zero-order valence-corrected chi connectivity index (χ0v) is 13.4. The normalized spacial score (nSPS) is 13.9. The van der Waals surface area contributed by atoms with E-state index in [1.807, 2.05) is 20.0 Å². The lowest BCUT2D eigenvalue weighted by Gasteiger charge is -2.29. The predicted octanol–water partition coefficient (Wildman–Crippen LogP) is 4.34. The Kier molecular flexibility index (Phi) is 5.54. The van der Waals surface area contributed by atoms with Crippen LogP contribution >= 0.6 is 0 Å². The average Bonchev–Trinajstić information content (AvgIpc) is 2.52. The van der Waals surface area contributed by atoms with E-state index in [1.165, 1.54) is 22.3 Å². The van der Waals surface area contributed by atoms with Crippen molar-refractivity contribution in [3.63, 3.8) is 0 Å². The number of benzene rings is 2. The van der Waals surface area contributed by atoms with Crippen molar-refractivity contribution in [3.8, 4) is 0 Å². The molecule has 112 valence electrons. The Morgan fingerprint density at radius 2 is 1.71 bits per heavy atom. The Morgan fingerprint density at radius 1 is 1.00 bits per heavy atom. The van der Waals surface area contributed by atoms with Crippen molar-refractivity contribution in [1.82, 2.24) is 5.32 Å². The lowest BCUT2D eigenvalue weighted by Crippen LogP contribution is -2.26. The van der Waals surface area contributed by atoms with Gasteiger partial charge in [-0.1, -0.05) is 48.5 Å². The van der Waals surface area contributed by atoms with Crippen LogP contribution in [0.4, 0.5) is 0 Å². The quantitative estimate of drug-likeness (QED) is 0.851. The van der Waals surface area contributed by atoms with Crippen molar-refractivity contribution in [2.24, 2.45) is 0 Å². The largest absolute Gasteiger partial charge is 0.372 e. The Balaban J connectivity index is 2.43.